The standard InChI is InChI=1S/C16H22ClN3O/c1-3-7-12(18-10-4-2)11-15-19-16(20-21-15)13-8-5-6-9-14(13)17/h5-6,8-9,12,18H,3-4,7,10-11H2,1-2H3. The molecule has 0 spiro atoms. The predicted molar refractivity (Wildman–Crippen MR) is 85.4 cm³/mol. The van der Waals surface area contributed by atoms with Crippen molar-refractivity contribution in [2.45, 2.75) is 45.6 Å². The lowest BCUT2D eigenvalue weighted by molar-refractivity contribution is 0.350. The summed E-state index contributed by atoms with van der Waals surface area (Å²) in [5.41, 5.74) is 0.808. The Morgan fingerprint density at radius 3 is 2.76 bits per heavy atom. The molecule has 1 N–H and O–H groups in total. The fourth-order valence-electron chi connectivity index (χ4n) is 2.27. The lowest BCUT2D eigenvalue weighted by Gasteiger charge is -2.15. The Balaban J connectivity index is 2.06. The van der Waals surface area contributed by atoms with Crippen molar-refractivity contribution in [3.8, 4) is 11.4 Å². The number of nitrogens with zero attached hydrogens (tertiary/aromatic N) is 2. The molecule has 4 nitrogen and oxygen atoms in total. The normalized spacial score (nSPS) is 12.5. The molecule has 1 aromatic carbocycles. The van der Waals surface area contributed by atoms with Crippen molar-refractivity contribution in [2.75, 3.05) is 6.54 Å². The average Bonchev–Trinajstić information content (AvgIpc) is 2.94. The number of benzene rings is 1. The molecule has 5 heteroatoms. The van der Waals surface area contributed by atoms with Crippen LogP contribution >= 0.6 is 11.6 Å². The zero-order valence-corrected chi connectivity index (χ0v) is 13.4. The van der Waals surface area contributed by atoms with E-state index < -0.39 is 0 Å². The summed E-state index contributed by atoms with van der Waals surface area (Å²) in [6.45, 7) is 5.36. The van der Waals surface area contributed by atoms with Gasteiger partial charge >= 0.3 is 0 Å². The van der Waals surface area contributed by atoms with E-state index >= 15 is 0 Å². The van der Waals surface area contributed by atoms with E-state index in [9.17, 15) is 0 Å². The van der Waals surface area contributed by atoms with E-state index in [2.05, 4.69) is 29.3 Å². The molecule has 1 heterocycles. The molecule has 2 aromatic rings. The summed E-state index contributed by atoms with van der Waals surface area (Å²) in [5, 5.41) is 8.21. The maximum absolute atomic E-state index is 6.16. The number of hydrogen-bond donors (Lipinski definition) is 1. The molecule has 21 heavy (non-hydrogen) atoms. The van der Waals surface area contributed by atoms with Crippen LogP contribution in [0.1, 0.15) is 39.0 Å². The number of halogens is 1. The topological polar surface area (TPSA) is 51.0 Å². The molecule has 1 atom stereocenters. The largest absolute Gasteiger partial charge is 0.339 e. The van der Waals surface area contributed by atoms with Gasteiger partial charge in [0, 0.05) is 18.0 Å². The number of rotatable bonds is 8. The van der Waals surface area contributed by atoms with Crippen LogP contribution in [0, 0.1) is 0 Å². The molecular formula is C16H22ClN3O. The van der Waals surface area contributed by atoms with E-state index in [1.54, 1.807) is 0 Å². The van der Waals surface area contributed by atoms with Crippen molar-refractivity contribution in [3.63, 3.8) is 0 Å². The maximum Gasteiger partial charge on any atom is 0.228 e. The highest BCUT2D eigenvalue weighted by atomic mass is 35.5. The Labute approximate surface area is 130 Å². The van der Waals surface area contributed by atoms with Gasteiger partial charge in [-0.25, -0.2) is 0 Å². The van der Waals surface area contributed by atoms with Crippen molar-refractivity contribution in [1.29, 1.82) is 0 Å². The van der Waals surface area contributed by atoms with Crippen LogP contribution < -0.4 is 5.32 Å². The molecule has 114 valence electrons. The van der Waals surface area contributed by atoms with E-state index in [0.29, 0.717) is 22.8 Å². The molecule has 0 aliphatic rings. The summed E-state index contributed by atoms with van der Waals surface area (Å²) < 4.78 is 5.37. The zero-order valence-electron chi connectivity index (χ0n) is 12.6. The third-order valence-corrected chi connectivity index (χ3v) is 3.65. The number of aromatic nitrogens is 2. The Morgan fingerprint density at radius 2 is 2.05 bits per heavy atom. The van der Waals surface area contributed by atoms with Gasteiger partial charge in [0.25, 0.3) is 0 Å². The average molecular weight is 308 g/mol. The molecule has 1 unspecified atom stereocenters. The SMILES string of the molecule is CCCNC(CCC)Cc1nc(-c2ccccc2Cl)no1. The maximum atomic E-state index is 6.16. The van der Waals surface area contributed by atoms with E-state index in [0.717, 1.165) is 37.8 Å². The first-order valence-electron chi connectivity index (χ1n) is 7.55. The van der Waals surface area contributed by atoms with Crippen LogP contribution in [-0.4, -0.2) is 22.7 Å². The summed E-state index contributed by atoms with van der Waals surface area (Å²) in [5.74, 6) is 1.22. The van der Waals surface area contributed by atoms with Crippen LogP contribution in [0.15, 0.2) is 28.8 Å². The minimum atomic E-state index is 0.384. The summed E-state index contributed by atoms with van der Waals surface area (Å²) >= 11 is 6.16. The number of hydrogen-bond acceptors (Lipinski definition) is 4. The van der Waals surface area contributed by atoms with E-state index in [4.69, 9.17) is 16.1 Å². The lowest BCUT2D eigenvalue weighted by atomic mass is 10.1. The van der Waals surface area contributed by atoms with Crippen LogP contribution in [-0.2, 0) is 6.42 Å². The van der Waals surface area contributed by atoms with Crippen molar-refractivity contribution in [1.82, 2.24) is 15.5 Å². The zero-order chi connectivity index (χ0) is 15.1. The van der Waals surface area contributed by atoms with Gasteiger partial charge in [0.1, 0.15) is 0 Å². The van der Waals surface area contributed by atoms with Gasteiger partial charge in [-0.05, 0) is 31.5 Å². The summed E-state index contributed by atoms with van der Waals surface area (Å²) in [4.78, 5) is 4.47. The lowest BCUT2D eigenvalue weighted by Crippen LogP contribution is -2.31. The van der Waals surface area contributed by atoms with Gasteiger partial charge in [0.05, 0.1) is 5.02 Å². The molecule has 0 bridgehead atoms. The van der Waals surface area contributed by atoms with Gasteiger partial charge in [-0.15, -0.1) is 0 Å². The van der Waals surface area contributed by atoms with Crippen molar-refractivity contribution in [2.24, 2.45) is 0 Å². The first-order valence-corrected chi connectivity index (χ1v) is 7.93. The summed E-state index contributed by atoms with van der Waals surface area (Å²) in [7, 11) is 0. The van der Waals surface area contributed by atoms with Gasteiger partial charge in [-0.3, -0.25) is 0 Å². The second-order valence-corrected chi connectivity index (χ2v) is 5.54. The highest BCUT2D eigenvalue weighted by Gasteiger charge is 2.15. The van der Waals surface area contributed by atoms with Crippen LogP contribution in [0.2, 0.25) is 5.02 Å². The molecule has 0 fully saturated rings. The third-order valence-electron chi connectivity index (χ3n) is 3.32. The quantitative estimate of drug-likeness (QED) is 0.797. The smallest absolute Gasteiger partial charge is 0.228 e. The van der Waals surface area contributed by atoms with Crippen molar-refractivity contribution < 1.29 is 4.52 Å². The highest BCUT2D eigenvalue weighted by Crippen LogP contribution is 2.25. The highest BCUT2D eigenvalue weighted by molar-refractivity contribution is 6.33. The van der Waals surface area contributed by atoms with Crippen LogP contribution in [0.4, 0.5) is 0 Å². The second-order valence-electron chi connectivity index (χ2n) is 5.14. The molecule has 0 aliphatic carbocycles. The molecule has 0 saturated heterocycles. The van der Waals surface area contributed by atoms with Crippen LogP contribution in [0.3, 0.4) is 0 Å². The molecular weight excluding hydrogens is 286 g/mol. The minimum Gasteiger partial charge on any atom is -0.339 e. The van der Waals surface area contributed by atoms with Gasteiger partial charge in [-0.2, -0.15) is 4.98 Å². The van der Waals surface area contributed by atoms with Crippen LogP contribution in [0.25, 0.3) is 11.4 Å². The molecule has 0 saturated carbocycles. The van der Waals surface area contributed by atoms with Crippen molar-refractivity contribution in [3.05, 3.63) is 35.2 Å². The van der Waals surface area contributed by atoms with Gasteiger partial charge in [0.2, 0.25) is 11.7 Å². The van der Waals surface area contributed by atoms with Gasteiger partial charge in [-0.1, -0.05) is 49.2 Å². The second kappa shape index (κ2) is 8.15. The first kappa shape index (κ1) is 16.0. The Morgan fingerprint density at radius 1 is 1.24 bits per heavy atom. The Bertz CT molecular complexity index is 556. The summed E-state index contributed by atoms with van der Waals surface area (Å²) in [6, 6.07) is 7.92. The number of nitrogens with one attached hydrogen (secondary N) is 1. The minimum absolute atomic E-state index is 0.384. The molecule has 0 radical (unpaired) electrons. The molecule has 2 rings (SSSR count). The van der Waals surface area contributed by atoms with E-state index in [1.807, 2.05) is 24.3 Å². The third kappa shape index (κ3) is 4.55. The molecule has 1 aromatic heterocycles. The van der Waals surface area contributed by atoms with Gasteiger partial charge < -0.3 is 9.84 Å². The van der Waals surface area contributed by atoms with E-state index in [1.165, 1.54) is 0 Å². The van der Waals surface area contributed by atoms with E-state index in [-0.39, 0.29) is 0 Å². The fraction of sp³-hybridized carbons (Fsp3) is 0.500. The van der Waals surface area contributed by atoms with Crippen molar-refractivity contribution >= 4 is 11.6 Å². The Kier molecular flexibility index (Phi) is 6.21. The summed E-state index contributed by atoms with van der Waals surface area (Å²) in [6.07, 6.45) is 4.11. The fourth-order valence-corrected chi connectivity index (χ4v) is 2.49. The van der Waals surface area contributed by atoms with Gasteiger partial charge in [0.15, 0.2) is 0 Å². The molecule has 0 aliphatic heterocycles. The first-order chi connectivity index (χ1) is 10.2. The monoisotopic (exact) mass is 307 g/mol. The van der Waals surface area contributed by atoms with Crippen LogP contribution in [0.5, 0.6) is 0 Å². The molecule has 0 amide bonds. The Hall–Kier alpha value is -1.39. The predicted octanol–water partition coefficient (Wildman–Crippen LogP) is 4.10.